The van der Waals surface area contributed by atoms with Crippen molar-refractivity contribution in [1.82, 2.24) is 15.5 Å². The Balaban J connectivity index is 1.58. The van der Waals surface area contributed by atoms with Gasteiger partial charge in [-0.2, -0.15) is 0 Å². The van der Waals surface area contributed by atoms with Gasteiger partial charge < -0.3 is 10.6 Å². The van der Waals surface area contributed by atoms with E-state index in [1.165, 1.54) is 4.90 Å². The molecule has 6 heteroatoms. The number of nitrogens with one attached hydrogen (secondary N) is 2. The van der Waals surface area contributed by atoms with Crippen LogP contribution in [0.1, 0.15) is 37.9 Å². The predicted octanol–water partition coefficient (Wildman–Crippen LogP) is 1.24. The maximum Gasteiger partial charge on any atom is 0.261 e. The van der Waals surface area contributed by atoms with E-state index in [2.05, 4.69) is 10.6 Å². The average Bonchev–Trinajstić information content (AvgIpc) is 2.88. The molecular weight excluding hydrogens is 318 g/mol. The Morgan fingerprint density at radius 1 is 0.920 bits per heavy atom. The lowest BCUT2D eigenvalue weighted by Gasteiger charge is -2.24. The van der Waals surface area contributed by atoms with E-state index in [0.29, 0.717) is 24.2 Å². The van der Waals surface area contributed by atoms with Crippen molar-refractivity contribution in [3.05, 3.63) is 70.8 Å². The lowest BCUT2D eigenvalue weighted by molar-refractivity contribution is -0.124. The molecule has 1 saturated heterocycles. The first-order valence-corrected chi connectivity index (χ1v) is 8.20. The Morgan fingerprint density at radius 2 is 1.64 bits per heavy atom. The summed E-state index contributed by atoms with van der Waals surface area (Å²) in [4.78, 5) is 38.2. The van der Waals surface area contributed by atoms with Crippen LogP contribution in [0, 0.1) is 0 Å². The molecule has 2 aromatic rings. The molecule has 2 aliphatic rings. The predicted molar refractivity (Wildman–Crippen MR) is 90.8 cm³/mol. The van der Waals surface area contributed by atoms with E-state index in [-0.39, 0.29) is 24.3 Å². The summed E-state index contributed by atoms with van der Waals surface area (Å²) >= 11 is 0. The summed E-state index contributed by atoms with van der Waals surface area (Å²) in [5.74, 6) is -0.622. The van der Waals surface area contributed by atoms with Crippen molar-refractivity contribution in [2.45, 2.75) is 12.6 Å². The third-order valence-electron chi connectivity index (χ3n) is 4.54. The highest BCUT2D eigenvalue weighted by Crippen LogP contribution is 2.25. The zero-order valence-corrected chi connectivity index (χ0v) is 13.5. The summed E-state index contributed by atoms with van der Waals surface area (Å²) in [7, 11) is 0. The Hall–Kier alpha value is -2.99. The number of hydrogen-bond donors (Lipinski definition) is 2. The van der Waals surface area contributed by atoms with Crippen molar-refractivity contribution in [2.24, 2.45) is 0 Å². The number of hydrogen-bond acceptors (Lipinski definition) is 4. The normalized spacial score (nSPS) is 19.8. The van der Waals surface area contributed by atoms with Gasteiger partial charge in [0.25, 0.3) is 11.8 Å². The molecule has 0 radical (unpaired) electrons. The number of carbonyl (C=O) groups excluding carboxylic acids is 3. The molecule has 4 rings (SSSR count). The zero-order chi connectivity index (χ0) is 17.4. The fraction of sp³-hybridized carbons (Fsp3) is 0.211. The lowest BCUT2D eigenvalue weighted by Crippen LogP contribution is -2.47. The van der Waals surface area contributed by atoms with Crippen molar-refractivity contribution in [3.63, 3.8) is 0 Å². The molecule has 6 nitrogen and oxygen atoms in total. The third kappa shape index (κ3) is 2.70. The number of carbonyl (C=O) groups is 3. The van der Waals surface area contributed by atoms with Crippen LogP contribution in [0.3, 0.4) is 0 Å². The van der Waals surface area contributed by atoms with Crippen LogP contribution < -0.4 is 10.6 Å². The maximum absolute atomic E-state index is 12.5. The van der Waals surface area contributed by atoms with Gasteiger partial charge in [0.15, 0.2) is 0 Å². The molecule has 2 heterocycles. The highest BCUT2D eigenvalue weighted by Gasteiger charge is 2.35. The average molecular weight is 335 g/mol. The standard InChI is InChI=1S/C19H17N3O3/c23-17-16(20-8-9-21-17)13-5-3-4-12(10-13)11-22-18(24)14-6-1-2-7-15(14)19(22)25/h1-7,10,16,20H,8-9,11H2,(H,21,23). The highest BCUT2D eigenvalue weighted by atomic mass is 16.2. The SMILES string of the molecule is O=C1NCCNC1c1cccc(CN2C(=O)c3ccccc3C2=O)c1. The fourth-order valence-corrected chi connectivity index (χ4v) is 3.30. The summed E-state index contributed by atoms with van der Waals surface area (Å²) in [6, 6.07) is 13.9. The van der Waals surface area contributed by atoms with E-state index >= 15 is 0 Å². The molecule has 0 aromatic heterocycles. The summed E-state index contributed by atoms with van der Waals surface area (Å²) in [6.45, 7) is 1.51. The van der Waals surface area contributed by atoms with Gasteiger partial charge >= 0.3 is 0 Å². The number of fused-ring (bicyclic) bond motifs is 1. The molecule has 1 fully saturated rings. The minimum atomic E-state index is -0.407. The van der Waals surface area contributed by atoms with Crippen LogP contribution in [0.5, 0.6) is 0 Å². The second-order valence-electron chi connectivity index (χ2n) is 6.17. The number of amides is 3. The summed E-state index contributed by atoms with van der Waals surface area (Å²) < 4.78 is 0. The Bertz CT molecular complexity index is 843. The van der Waals surface area contributed by atoms with E-state index in [1.54, 1.807) is 24.3 Å². The first-order chi connectivity index (χ1) is 12.1. The highest BCUT2D eigenvalue weighted by molar-refractivity contribution is 6.21. The largest absolute Gasteiger partial charge is 0.353 e. The molecule has 1 unspecified atom stereocenters. The maximum atomic E-state index is 12.5. The van der Waals surface area contributed by atoms with Gasteiger partial charge in [0.05, 0.1) is 17.7 Å². The van der Waals surface area contributed by atoms with E-state index in [0.717, 1.165) is 11.1 Å². The number of piperazine rings is 1. The monoisotopic (exact) mass is 335 g/mol. The Morgan fingerprint density at radius 3 is 2.32 bits per heavy atom. The molecule has 0 bridgehead atoms. The van der Waals surface area contributed by atoms with Gasteiger partial charge in [0.2, 0.25) is 5.91 Å². The quantitative estimate of drug-likeness (QED) is 0.828. The van der Waals surface area contributed by atoms with Gasteiger partial charge in [-0.05, 0) is 23.3 Å². The number of rotatable bonds is 3. The van der Waals surface area contributed by atoms with Gasteiger partial charge in [0.1, 0.15) is 6.04 Å². The molecule has 0 aliphatic carbocycles. The molecular formula is C19H17N3O3. The van der Waals surface area contributed by atoms with Crippen LogP contribution in [0.25, 0.3) is 0 Å². The zero-order valence-electron chi connectivity index (χ0n) is 13.5. The second-order valence-corrected chi connectivity index (χ2v) is 6.17. The molecule has 0 saturated carbocycles. The Kier molecular flexibility index (Phi) is 3.82. The van der Waals surface area contributed by atoms with Crippen molar-refractivity contribution in [1.29, 1.82) is 0 Å². The molecule has 25 heavy (non-hydrogen) atoms. The molecule has 3 amide bonds. The van der Waals surface area contributed by atoms with Crippen molar-refractivity contribution in [2.75, 3.05) is 13.1 Å². The topological polar surface area (TPSA) is 78.5 Å². The molecule has 1 atom stereocenters. The third-order valence-corrected chi connectivity index (χ3v) is 4.54. The number of nitrogens with zero attached hydrogens (tertiary/aromatic N) is 1. The number of benzene rings is 2. The summed E-state index contributed by atoms with van der Waals surface area (Å²) in [5.41, 5.74) is 2.52. The van der Waals surface area contributed by atoms with E-state index in [1.807, 2.05) is 24.3 Å². The minimum absolute atomic E-state index is 0.0656. The minimum Gasteiger partial charge on any atom is -0.353 e. The van der Waals surface area contributed by atoms with Crippen LogP contribution in [0.4, 0.5) is 0 Å². The van der Waals surface area contributed by atoms with Crippen LogP contribution in [-0.4, -0.2) is 35.7 Å². The number of imide groups is 1. The van der Waals surface area contributed by atoms with Gasteiger partial charge in [-0.25, -0.2) is 0 Å². The molecule has 126 valence electrons. The van der Waals surface area contributed by atoms with Gasteiger partial charge in [-0.3, -0.25) is 19.3 Å². The first kappa shape index (κ1) is 15.5. The smallest absolute Gasteiger partial charge is 0.261 e. The lowest BCUT2D eigenvalue weighted by atomic mass is 10.0. The van der Waals surface area contributed by atoms with E-state index in [4.69, 9.17) is 0 Å². The molecule has 2 aliphatic heterocycles. The molecule has 2 aromatic carbocycles. The second kappa shape index (κ2) is 6.14. The van der Waals surface area contributed by atoms with Crippen LogP contribution in [-0.2, 0) is 11.3 Å². The van der Waals surface area contributed by atoms with Crippen molar-refractivity contribution >= 4 is 17.7 Å². The van der Waals surface area contributed by atoms with E-state index < -0.39 is 6.04 Å². The summed E-state index contributed by atoms with van der Waals surface area (Å²) in [6.07, 6.45) is 0. The molecule has 0 spiro atoms. The first-order valence-electron chi connectivity index (χ1n) is 8.20. The van der Waals surface area contributed by atoms with Gasteiger partial charge in [0, 0.05) is 13.1 Å². The van der Waals surface area contributed by atoms with Crippen LogP contribution >= 0.6 is 0 Å². The van der Waals surface area contributed by atoms with Gasteiger partial charge in [-0.1, -0.05) is 36.4 Å². The fourth-order valence-electron chi connectivity index (χ4n) is 3.30. The van der Waals surface area contributed by atoms with Gasteiger partial charge in [-0.15, -0.1) is 0 Å². The van der Waals surface area contributed by atoms with Crippen LogP contribution in [0.15, 0.2) is 48.5 Å². The Labute approximate surface area is 144 Å². The molecule has 2 N–H and O–H groups in total. The van der Waals surface area contributed by atoms with Crippen molar-refractivity contribution < 1.29 is 14.4 Å². The van der Waals surface area contributed by atoms with Crippen molar-refractivity contribution in [3.8, 4) is 0 Å². The van der Waals surface area contributed by atoms with E-state index in [9.17, 15) is 14.4 Å². The summed E-state index contributed by atoms with van der Waals surface area (Å²) in [5, 5.41) is 6.01. The van der Waals surface area contributed by atoms with Crippen LogP contribution in [0.2, 0.25) is 0 Å².